The lowest BCUT2D eigenvalue weighted by molar-refractivity contribution is 0.0843. The second kappa shape index (κ2) is 4.20. The third kappa shape index (κ3) is 1.92. The highest BCUT2D eigenvalue weighted by molar-refractivity contribution is 5.16. The zero-order valence-electron chi connectivity index (χ0n) is 8.39. The van der Waals surface area contributed by atoms with Crippen molar-refractivity contribution in [2.75, 3.05) is 26.7 Å². The molecule has 13 heavy (non-hydrogen) atoms. The summed E-state index contributed by atoms with van der Waals surface area (Å²) in [4.78, 5) is 2.15. The second-order valence-electron chi connectivity index (χ2n) is 3.91. The van der Waals surface area contributed by atoms with Gasteiger partial charge in [0.1, 0.15) is 0 Å². The van der Waals surface area contributed by atoms with Gasteiger partial charge in [-0.2, -0.15) is 0 Å². The molecule has 1 saturated heterocycles. The molecular formula is C10H18FNO. The van der Waals surface area contributed by atoms with Crippen molar-refractivity contribution >= 4 is 0 Å². The van der Waals surface area contributed by atoms with E-state index in [1.165, 1.54) is 0 Å². The number of hydrogen-bond acceptors (Lipinski definition) is 2. The molecule has 0 aromatic heterocycles. The van der Waals surface area contributed by atoms with Crippen LogP contribution in [0.5, 0.6) is 0 Å². The van der Waals surface area contributed by atoms with Crippen molar-refractivity contribution in [1.82, 2.24) is 4.90 Å². The van der Waals surface area contributed by atoms with Gasteiger partial charge in [0.05, 0.1) is 12.9 Å². The summed E-state index contributed by atoms with van der Waals surface area (Å²) in [6.45, 7) is 3.69. The number of rotatable bonds is 2. The second-order valence-corrected chi connectivity index (χ2v) is 3.91. The maximum Gasteiger partial charge on any atom is 0.0866 e. The molecular weight excluding hydrogens is 169 g/mol. The summed E-state index contributed by atoms with van der Waals surface area (Å²) in [5.74, 6) is 0. The molecule has 0 radical (unpaired) electrons. The molecule has 1 fully saturated rings. The molecule has 1 N–H and O–H groups in total. The number of piperidine rings is 1. The minimum absolute atomic E-state index is 0.0452. The Bertz CT molecular complexity index is 199. The monoisotopic (exact) mass is 187 g/mol. The van der Waals surface area contributed by atoms with Gasteiger partial charge in [-0.05, 0) is 25.5 Å². The van der Waals surface area contributed by atoms with Gasteiger partial charge < -0.3 is 10.0 Å². The average molecular weight is 187 g/mol. The topological polar surface area (TPSA) is 23.5 Å². The quantitative estimate of drug-likeness (QED) is 0.709. The third-order valence-corrected chi connectivity index (χ3v) is 3.13. The third-order valence-electron chi connectivity index (χ3n) is 3.13. The zero-order chi connectivity index (χ0) is 9.90. The van der Waals surface area contributed by atoms with Crippen LogP contribution in [0.1, 0.15) is 19.8 Å². The summed E-state index contributed by atoms with van der Waals surface area (Å²) in [6.07, 6.45) is 2.22. The molecule has 0 aromatic rings. The van der Waals surface area contributed by atoms with E-state index in [2.05, 4.69) is 4.90 Å². The molecule has 2 nitrogen and oxygen atoms in total. The molecule has 1 aliphatic heterocycles. The molecule has 3 heteroatoms. The standard InChI is InChI=1S/C10H18FNO/c1-3-10(8-13)7-12(2)5-4-9(10)6-11/h6,13H,3-5,7-8H2,1-2H3/b9-6+. The molecule has 0 saturated carbocycles. The van der Waals surface area contributed by atoms with Gasteiger partial charge in [0.2, 0.25) is 0 Å². The molecule has 1 rings (SSSR count). The molecule has 0 aromatic carbocycles. The average Bonchev–Trinajstić information content (AvgIpc) is 2.17. The maximum absolute atomic E-state index is 12.6. The zero-order valence-corrected chi connectivity index (χ0v) is 8.39. The first-order valence-electron chi connectivity index (χ1n) is 4.77. The van der Waals surface area contributed by atoms with Gasteiger partial charge in [-0.3, -0.25) is 0 Å². The smallest absolute Gasteiger partial charge is 0.0866 e. The molecule has 0 spiro atoms. The highest BCUT2D eigenvalue weighted by Gasteiger charge is 2.36. The van der Waals surface area contributed by atoms with E-state index in [-0.39, 0.29) is 12.0 Å². The van der Waals surface area contributed by atoms with Crippen molar-refractivity contribution in [2.45, 2.75) is 19.8 Å². The number of likely N-dealkylation sites (tertiary alicyclic amines) is 1. The van der Waals surface area contributed by atoms with Crippen molar-refractivity contribution < 1.29 is 9.50 Å². The summed E-state index contributed by atoms with van der Waals surface area (Å²) in [5.41, 5.74) is 0.442. The van der Waals surface area contributed by atoms with Crippen LogP contribution in [0.25, 0.3) is 0 Å². The van der Waals surface area contributed by atoms with Crippen LogP contribution in [-0.2, 0) is 0 Å². The van der Waals surface area contributed by atoms with Gasteiger partial charge in [0.15, 0.2) is 0 Å². The lowest BCUT2D eigenvalue weighted by Crippen LogP contribution is -2.44. The van der Waals surface area contributed by atoms with Crippen LogP contribution in [-0.4, -0.2) is 36.8 Å². The highest BCUT2D eigenvalue weighted by Crippen LogP contribution is 2.37. The van der Waals surface area contributed by atoms with Crippen LogP contribution >= 0.6 is 0 Å². The molecule has 76 valence electrons. The van der Waals surface area contributed by atoms with Crippen LogP contribution in [0.4, 0.5) is 4.39 Å². The first-order valence-corrected chi connectivity index (χ1v) is 4.77. The van der Waals surface area contributed by atoms with E-state index in [1.807, 2.05) is 14.0 Å². The molecule has 0 amide bonds. The van der Waals surface area contributed by atoms with Gasteiger partial charge in [-0.15, -0.1) is 0 Å². The van der Waals surface area contributed by atoms with Gasteiger partial charge in [-0.25, -0.2) is 4.39 Å². The van der Waals surface area contributed by atoms with E-state index in [0.29, 0.717) is 6.33 Å². The number of halogens is 1. The molecule has 1 unspecified atom stereocenters. The summed E-state index contributed by atoms with van der Waals surface area (Å²) in [6, 6.07) is 0. The van der Waals surface area contributed by atoms with Crippen LogP contribution < -0.4 is 0 Å². The Labute approximate surface area is 79.0 Å². The van der Waals surface area contributed by atoms with Crippen molar-refractivity contribution in [2.24, 2.45) is 5.41 Å². The minimum atomic E-state index is -0.332. The lowest BCUT2D eigenvalue weighted by Gasteiger charge is -2.41. The summed E-state index contributed by atoms with van der Waals surface area (Å²) in [5, 5.41) is 9.33. The fourth-order valence-corrected chi connectivity index (χ4v) is 2.05. The van der Waals surface area contributed by atoms with Crippen molar-refractivity contribution in [3.05, 3.63) is 11.9 Å². The van der Waals surface area contributed by atoms with E-state index in [9.17, 15) is 9.50 Å². The molecule has 1 aliphatic rings. The van der Waals surface area contributed by atoms with Gasteiger partial charge in [0.25, 0.3) is 0 Å². The van der Waals surface area contributed by atoms with Crippen molar-refractivity contribution in [3.63, 3.8) is 0 Å². The van der Waals surface area contributed by atoms with Crippen LogP contribution in [0, 0.1) is 5.41 Å². The molecule has 1 atom stereocenters. The molecule has 0 aliphatic carbocycles. The SMILES string of the molecule is CCC1(CO)CN(C)CC/C1=C\F. The Balaban J connectivity index is 2.86. The highest BCUT2D eigenvalue weighted by atomic mass is 19.1. The van der Waals surface area contributed by atoms with Crippen molar-refractivity contribution in [1.29, 1.82) is 0 Å². The fraction of sp³-hybridized carbons (Fsp3) is 0.800. The predicted octanol–water partition coefficient (Wildman–Crippen LogP) is 1.56. The molecule has 1 heterocycles. The van der Waals surface area contributed by atoms with Crippen molar-refractivity contribution in [3.8, 4) is 0 Å². The largest absolute Gasteiger partial charge is 0.395 e. The van der Waals surface area contributed by atoms with Crippen LogP contribution in [0.3, 0.4) is 0 Å². The summed E-state index contributed by atoms with van der Waals surface area (Å²) >= 11 is 0. The number of nitrogens with zero attached hydrogens (tertiary/aromatic N) is 1. The summed E-state index contributed by atoms with van der Waals surface area (Å²) < 4.78 is 12.6. The number of aliphatic hydroxyl groups excluding tert-OH is 1. The lowest BCUT2D eigenvalue weighted by atomic mass is 9.75. The van der Waals surface area contributed by atoms with Crippen LogP contribution in [0.2, 0.25) is 0 Å². The Morgan fingerprint density at radius 3 is 2.85 bits per heavy atom. The number of hydrogen-bond donors (Lipinski definition) is 1. The van der Waals surface area contributed by atoms with Gasteiger partial charge >= 0.3 is 0 Å². The van der Waals surface area contributed by atoms with E-state index in [0.717, 1.165) is 31.5 Å². The fourth-order valence-electron chi connectivity index (χ4n) is 2.05. The minimum Gasteiger partial charge on any atom is -0.395 e. The predicted molar refractivity (Wildman–Crippen MR) is 51.1 cm³/mol. The summed E-state index contributed by atoms with van der Waals surface area (Å²) in [7, 11) is 2.01. The first kappa shape index (κ1) is 10.7. The van der Waals surface area contributed by atoms with E-state index < -0.39 is 0 Å². The maximum atomic E-state index is 12.6. The Kier molecular flexibility index (Phi) is 3.45. The van der Waals surface area contributed by atoms with E-state index in [1.54, 1.807) is 0 Å². The van der Waals surface area contributed by atoms with E-state index in [4.69, 9.17) is 0 Å². The first-order chi connectivity index (χ1) is 6.18. The van der Waals surface area contributed by atoms with Crippen LogP contribution in [0.15, 0.2) is 11.9 Å². The van der Waals surface area contributed by atoms with Gasteiger partial charge in [0, 0.05) is 18.5 Å². The Morgan fingerprint density at radius 1 is 1.69 bits per heavy atom. The Morgan fingerprint density at radius 2 is 2.38 bits per heavy atom. The Hall–Kier alpha value is -0.410. The van der Waals surface area contributed by atoms with Gasteiger partial charge in [-0.1, -0.05) is 6.92 Å². The van der Waals surface area contributed by atoms with E-state index >= 15 is 0 Å². The normalized spacial score (nSPS) is 34.0. The number of aliphatic hydroxyl groups is 1. The molecule has 0 bridgehead atoms.